The van der Waals surface area contributed by atoms with Crippen LogP contribution >= 0.6 is 11.6 Å². The molecule has 1 aromatic carbocycles. The van der Waals surface area contributed by atoms with Gasteiger partial charge in [0.1, 0.15) is 5.78 Å². The molecular formula is C14H19ClN2O. The smallest absolute Gasteiger partial charge is 0.138 e. The van der Waals surface area contributed by atoms with E-state index in [4.69, 9.17) is 11.6 Å². The second kappa shape index (κ2) is 6.32. The average Bonchev–Trinajstić information content (AvgIpc) is 2.38. The molecular weight excluding hydrogens is 248 g/mol. The van der Waals surface area contributed by atoms with Crippen LogP contribution in [0, 0.1) is 0 Å². The van der Waals surface area contributed by atoms with Crippen LogP contribution in [0.4, 0.5) is 0 Å². The molecule has 1 heterocycles. The molecule has 0 aromatic heterocycles. The Bertz CT molecular complexity index is 399. The van der Waals surface area contributed by atoms with Crippen molar-refractivity contribution in [2.75, 3.05) is 32.7 Å². The average molecular weight is 267 g/mol. The van der Waals surface area contributed by atoms with E-state index in [1.807, 2.05) is 24.3 Å². The summed E-state index contributed by atoms with van der Waals surface area (Å²) in [6.45, 7) is 6.51. The van der Waals surface area contributed by atoms with Crippen molar-refractivity contribution < 1.29 is 4.79 Å². The third-order valence-electron chi connectivity index (χ3n) is 3.41. The van der Waals surface area contributed by atoms with Crippen molar-refractivity contribution >= 4 is 17.4 Å². The molecule has 0 saturated carbocycles. The fraction of sp³-hybridized carbons (Fsp3) is 0.500. The lowest BCUT2D eigenvalue weighted by molar-refractivity contribution is -0.118. The van der Waals surface area contributed by atoms with Crippen LogP contribution in [0.25, 0.3) is 0 Å². The zero-order chi connectivity index (χ0) is 13.0. The molecule has 1 fully saturated rings. The van der Waals surface area contributed by atoms with Crippen LogP contribution in [-0.4, -0.2) is 43.4 Å². The fourth-order valence-corrected chi connectivity index (χ4v) is 2.44. The third-order valence-corrected chi connectivity index (χ3v) is 3.67. The molecule has 1 atom stereocenters. The van der Waals surface area contributed by atoms with Crippen LogP contribution < -0.4 is 5.32 Å². The van der Waals surface area contributed by atoms with Crippen molar-refractivity contribution in [1.82, 2.24) is 10.2 Å². The highest BCUT2D eigenvalue weighted by Gasteiger charge is 2.21. The monoisotopic (exact) mass is 266 g/mol. The Morgan fingerprint density at radius 1 is 1.33 bits per heavy atom. The number of rotatable bonds is 4. The molecule has 1 N–H and O–H groups in total. The van der Waals surface area contributed by atoms with Gasteiger partial charge in [-0.15, -0.1) is 0 Å². The Hall–Kier alpha value is -0.900. The van der Waals surface area contributed by atoms with E-state index in [0.29, 0.717) is 5.02 Å². The highest BCUT2D eigenvalue weighted by molar-refractivity contribution is 6.30. The third kappa shape index (κ3) is 3.55. The number of carbonyl (C=O) groups excluding carboxylic acids is 1. The van der Waals surface area contributed by atoms with Crippen molar-refractivity contribution in [2.24, 2.45) is 0 Å². The van der Waals surface area contributed by atoms with Crippen LogP contribution in [0.2, 0.25) is 5.02 Å². The molecule has 0 spiro atoms. The summed E-state index contributed by atoms with van der Waals surface area (Å²) in [6, 6.07) is 7.61. The van der Waals surface area contributed by atoms with Gasteiger partial charge in [-0.1, -0.05) is 23.7 Å². The summed E-state index contributed by atoms with van der Waals surface area (Å²) in [7, 11) is 0. The summed E-state index contributed by atoms with van der Waals surface area (Å²) in [4.78, 5) is 14.2. The van der Waals surface area contributed by atoms with E-state index in [0.717, 1.165) is 38.3 Å². The molecule has 0 unspecified atom stereocenters. The summed E-state index contributed by atoms with van der Waals surface area (Å²) in [5, 5.41) is 4.03. The molecule has 0 bridgehead atoms. The number of hydrogen-bond acceptors (Lipinski definition) is 3. The topological polar surface area (TPSA) is 32.3 Å². The minimum absolute atomic E-state index is 0.0413. The van der Waals surface area contributed by atoms with Gasteiger partial charge in [0, 0.05) is 37.7 Å². The quantitative estimate of drug-likeness (QED) is 0.904. The van der Waals surface area contributed by atoms with Crippen molar-refractivity contribution in [3.8, 4) is 0 Å². The molecule has 2 rings (SSSR count). The van der Waals surface area contributed by atoms with E-state index in [9.17, 15) is 4.79 Å². The first-order chi connectivity index (χ1) is 8.66. The zero-order valence-corrected chi connectivity index (χ0v) is 11.4. The molecule has 1 aliphatic rings. The summed E-state index contributed by atoms with van der Waals surface area (Å²) < 4.78 is 0. The second-order valence-corrected chi connectivity index (χ2v) is 5.20. The largest absolute Gasteiger partial charge is 0.314 e. The second-order valence-electron chi connectivity index (χ2n) is 4.77. The number of piperazine rings is 1. The zero-order valence-electron chi connectivity index (χ0n) is 10.7. The van der Waals surface area contributed by atoms with E-state index in [2.05, 4.69) is 10.2 Å². The van der Waals surface area contributed by atoms with Crippen LogP contribution in [0.15, 0.2) is 24.3 Å². The maximum absolute atomic E-state index is 11.8. The Morgan fingerprint density at radius 3 is 2.50 bits per heavy atom. The van der Waals surface area contributed by atoms with Crippen molar-refractivity contribution in [1.29, 1.82) is 0 Å². The number of Topliss-reactive ketones (excluding diaryl/α,β-unsaturated/α-hetero) is 1. The minimum Gasteiger partial charge on any atom is -0.314 e. The number of halogens is 1. The van der Waals surface area contributed by atoms with Gasteiger partial charge in [-0.05, 0) is 24.6 Å². The number of benzene rings is 1. The predicted molar refractivity (Wildman–Crippen MR) is 74.2 cm³/mol. The number of nitrogens with zero attached hydrogens (tertiary/aromatic N) is 1. The summed E-state index contributed by atoms with van der Waals surface area (Å²) >= 11 is 5.88. The van der Waals surface area contributed by atoms with Crippen molar-refractivity contribution in [3.05, 3.63) is 34.9 Å². The molecule has 0 radical (unpaired) electrons. The molecule has 3 nitrogen and oxygen atoms in total. The predicted octanol–water partition coefficient (Wildman–Crippen LogP) is 1.92. The van der Waals surface area contributed by atoms with Crippen molar-refractivity contribution in [3.63, 3.8) is 0 Å². The highest BCUT2D eigenvalue weighted by atomic mass is 35.5. The number of carbonyl (C=O) groups is 1. The van der Waals surface area contributed by atoms with Gasteiger partial charge in [-0.25, -0.2) is 0 Å². The Kier molecular flexibility index (Phi) is 4.75. The van der Waals surface area contributed by atoms with E-state index in [1.165, 1.54) is 0 Å². The summed E-state index contributed by atoms with van der Waals surface area (Å²) in [6.07, 6.45) is 0. The number of nitrogens with one attached hydrogen (secondary N) is 1. The Balaban J connectivity index is 2.07. The van der Waals surface area contributed by atoms with Gasteiger partial charge in [-0.2, -0.15) is 0 Å². The maximum Gasteiger partial charge on any atom is 0.138 e. The molecule has 0 amide bonds. The molecule has 98 valence electrons. The van der Waals surface area contributed by atoms with Gasteiger partial charge in [0.05, 0.1) is 5.92 Å². The Morgan fingerprint density at radius 2 is 1.94 bits per heavy atom. The summed E-state index contributed by atoms with van der Waals surface area (Å²) in [5.74, 6) is 0.177. The molecule has 4 heteroatoms. The standard InChI is InChI=1S/C14H19ClN2O/c1-11(18)14(10-17-8-6-16-7-9-17)12-2-4-13(15)5-3-12/h2-5,14,16H,6-10H2,1H3/t14-/m1/s1. The first-order valence-electron chi connectivity index (χ1n) is 6.36. The van der Waals surface area contributed by atoms with Crippen molar-refractivity contribution in [2.45, 2.75) is 12.8 Å². The molecule has 0 aliphatic carbocycles. The fourth-order valence-electron chi connectivity index (χ4n) is 2.32. The molecule has 1 saturated heterocycles. The molecule has 1 aliphatic heterocycles. The lowest BCUT2D eigenvalue weighted by Gasteiger charge is -2.30. The normalized spacial score (nSPS) is 18.6. The lowest BCUT2D eigenvalue weighted by atomic mass is 9.94. The molecule has 1 aromatic rings. The van der Waals surface area contributed by atoms with E-state index in [-0.39, 0.29) is 11.7 Å². The van der Waals surface area contributed by atoms with Gasteiger partial charge in [0.25, 0.3) is 0 Å². The minimum atomic E-state index is -0.0413. The van der Waals surface area contributed by atoms with Crippen LogP contribution in [0.5, 0.6) is 0 Å². The lowest BCUT2D eigenvalue weighted by Crippen LogP contribution is -2.45. The van der Waals surface area contributed by atoms with Gasteiger partial charge in [0.2, 0.25) is 0 Å². The highest BCUT2D eigenvalue weighted by Crippen LogP contribution is 2.21. The number of hydrogen-bond donors (Lipinski definition) is 1. The molecule has 18 heavy (non-hydrogen) atoms. The van der Waals surface area contributed by atoms with Gasteiger partial charge in [0.15, 0.2) is 0 Å². The van der Waals surface area contributed by atoms with Gasteiger partial charge >= 0.3 is 0 Å². The van der Waals surface area contributed by atoms with E-state index in [1.54, 1.807) is 6.92 Å². The summed E-state index contributed by atoms with van der Waals surface area (Å²) in [5.41, 5.74) is 1.06. The Labute approximate surface area is 113 Å². The van der Waals surface area contributed by atoms with E-state index >= 15 is 0 Å². The van der Waals surface area contributed by atoms with Crippen LogP contribution in [0.1, 0.15) is 18.4 Å². The van der Waals surface area contributed by atoms with E-state index < -0.39 is 0 Å². The van der Waals surface area contributed by atoms with Gasteiger partial charge in [-0.3, -0.25) is 9.69 Å². The van der Waals surface area contributed by atoms with Crippen LogP contribution in [-0.2, 0) is 4.79 Å². The maximum atomic E-state index is 11.8. The van der Waals surface area contributed by atoms with Crippen LogP contribution in [0.3, 0.4) is 0 Å². The number of ketones is 1. The first kappa shape index (κ1) is 13.5. The first-order valence-corrected chi connectivity index (χ1v) is 6.73. The van der Waals surface area contributed by atoms with Gasteiger partial charge < -0.3 is 5.32 Å². The SMILES string of the molecule is CC(=O)[C@@H](CN1CCNCC1)c1ccc(Cl)cc1.